The molecule has 1 heterocycles. The zero-order valence-electron chi connectivity index (χ0n) is 16.7. The van der Waals surface area contributed by atoms with Crippen molar-refractivity contribution in [3.63, 3.8) is 0 Å². The number of nitrogens with one attached hydrogen (secondary N) is 1. The minimum Gasteiger partial charge on any atom is -0.497 e. The SMILES string of the molecule is COc1ccc(C(=O)c2ccc(CC(O)C(C)(c3ccccc3)S(N)(=O)=O)[nH]2)cc1. The minimum atomic E-state index is -4.14. The second kappa shape index (κ2) is 8.43. The molecule has 0 bridgehead atoms. The van der Waals surface area contributed by atoms with Crippen molar-refractivity contribution in [2.24, 2.45) is 5.14 Å². The Labute approximate surface area is 175 Å². The summed E-state index contributed by atoms with van der Waals surface area (Å²) in [6.45, 7) is 1.40. The highest BCUT2D eigenvalue weighted by Crippen LogP contribution is 2.33. The summed E-state index contributed by atoms with van der Waals surface area (Å²) in [5.74, 6) is 0.417. The Bertz CT molecular complexity index is 1120. The molecule has 3 rings (SSSR count). The number of hydrogen-bond acceptors (Lipinski definition) is 5. The van der Waals surface area contributed by atoms with Crippen LogP contribution in [0.4, 0.5) is 0 Å². The van der Waals surface area contributed by atoms with Gasteiger partial charge in [-0.05, 0) is 48.9 Å². The molecule has 0 aliphatic carbocycles. The fraction of sp³-hybridized carbons (Fsp3) is 0.227. The summed E-state index contributed by atoms with van der Waals surface area (Å²) in [7, 11) is -2.59. The number of carbonyl (C=O) groups is 1. The monoisotopic (exact) mass is 428 g/mol. The Hall–Kier alpha value is -2.94. The maximum absolute atomic E-state index is 12.7. The first-order valence-corrected chi connectivity index (χ1v) is 10.8. The molecular weight excluding hydrogens is 404 g/mol. The molecular formula is C22H24N2O5S. The number of primary sulfonamides is 1. The van der Waals surface area contributed by atoms with Crippen molar-refractivity contribution in [3.8, 4) is 5.75 Å². The van der Waals surface area contributed by atoms with E-state index >= 15 is 0 Å². The Morgan fingerprint density at radius 2 is 1.73 bits per heavy atom. The molecule has 1 aromatic heterocycles. The number of aromatic nitrogens is 1. The number of sulfonamides is 1. The van der Waals surface area contributed by atoms with E-state index in [0.29, 0.717) is 28.3 Å². The zero-order valence-corrected chi connectivity index (χ0v) is 17.5. The van der Waals surface area contributed by atoms with Crippen LogP contribution in [0.2, 0.25) is 0 Å². The summed E-state index contributed by atoms with van der Waals surface area (Å²) in [6.07, 6.45) is -1.37. The van der Waals surface area contributed by atoms with Crippen molar-refractivity contribution in [2.75, 3.05) is 7.11 Å². The van der Waals surface area contributed by atoms with E-state index in [1.54, 1.807) is 73.8 Å². The molecule has 0 spiro atoms. The smallest absolute Gasteiger partial charge is 0.221 e. The molecule has 0 aliphatic heterocycles. The van der Waals surface area contributed by atoms with Crippen LogP contribution in [0.1, 0.15) is 34.2 Å². The summed E-state index contributed by atoms with van der Waals surface area (Å²) in [5, 5.41) is 16.3. The third-order valence-electron chi connectivity index (χ3n) is 5.33. The highest BCUT2D eigenvalue weighted by molar-refractivity contribution is 7.90. The summed E-state index contributed by atoms with van der Waals surface area (Å²) >= 11 is 0. The molecule has 0 saturated heterocycles. The summed E-state index contributed by atoms with van der Waals surface area (Å²) in [5.41, 5.74) is 1.72. The predicted molar refractivity (Wildman–Crippen MR) is 114 cm³/mol. The van der Waals surface area contributed by atoms with Gasteiger partial charge in [-0.1, -0.05) is 30.3 Å². The molecule has 4 N–H and O–H groups in total. The van der Waals surface area contributed by atoms with Crippen LogP contribution < -0.4 is 9.88 Å². The Morgan fingerprint density at radius 1 is 1.10 bits per heavy atom. The number of benzene rings is 2. The summed E-state index contributed by atoms with van der Waals surface area (Å²) in [4.78, 5) is 15.6. The molecule has 7 nitrogen and oxygen atoms in total. The Kier molecular flexibility index (Phi) is 6.12. The largest absolute Gasteiger partial charge is 0.497 e. The van der Waals surface area contributed by atoms with Crippen LogP contribution in [0.15, 0.2) is 66.7 Å². The number of aliphatic hydroxyl groups excluding tert-OH is 1. The van der Waals surface area contributed by atoms with Gasteiger partial charge >= 0.3 is 0 Å². The van der Waals surface area contributed by atoms with Crippen LogP contribution in [0.25, 0.3) is 0 Å². The topological polar surface area (TPSA) is 122 Å². The van der Waals surface area contributed by atoms with Gasteiger partial charge in [0, 0.05) is 17.7 Å². The number of aliphatic hydroxyl groups is 1. The molecule has 2 aromatic carbocycles. The van der Waals surface area contributed by atoms with Gasteiger partial charge in [0.2, 0.25) is 15.8 Å². The lowest BCUT2D eigenvalue weighted by atomic mass is 9.91. The van der Waals surface area contributed by atoms with Crippen molar-refractivity contribution in [2.45, 2.75) is 24.2 Å². The molecule has 0 amide bonds. The van der Waals surface area contributed by atoms with Gasteiger partial charge in [0.25, 0.3) is 0 Å². The summed E-state index contributed by atoms with van der Waals surface area (Å²) < 4.78 is 28.1. The van der Waals surface area contributed by atoms with E-state index in [-0.39, 0.29) is 12.2 Å². The second-order valence-corrected chi connectivity index (χ2v) is 9.13. The predicted octanol–water partition coefficient (Wildman–Crippen LogP) is 2.36. The van der Waals surface area contributed by atoms with E-state index in [1.807, 2.05) is 0 Å². The van der Waals surface area contributed by atoms with Crippen LogP contribution in [-0.4, -0.2) is 37.5 Å². The van der Waals surface area contributed by atoms with Gasteiger partial charge in [0.05, 0.1) is 18.9 Å². The zero-order chi connectivity index (χ0) is 21.9. The fourth-order valence-corrected chi connectivity index (χ4v) is 4.24. The van der Waals surface area contributed by atoms with E-state index in [2.05, 4.69) is 4.98 Å². The lowest BCUT2D eigenvalue weighted by Crippen LogP contribution is -2.48. The lowest BCUT2D eigenvalue weighted by Gasteiger charge is -2.32. The maximum Gasteiger partial charge on any atom is 0.221 e. The van der Waals surface area contributed by atoms with E-state index < -0.39 is 20.9 Å². The molecule has 158 valence electrons. The van der Waals surface area contributed by atoms with E-state index in [9.17, 15) is 18.3 Å². The molecule has 0 fully saturated rings. The minimum absolute atomic E-state index is 0.0300. The third-order valence-corrected chi connectivity index (χ3v) is 7.02. The second-order valence-electron chi connectivity index (χ2n) is 7.19. The Balaban J connectivity index is 1.84. The number of ether oxygens (including phenoxy) is 1. The highest BCUT2D eigenvalue weighted by Gasteiger charge is 2.45. The first-order chi connectivity index (χ1) is 14.2. The molecule has 2 atom stereocenters. The first kappa shape index (κ1) is 21.8. The maximum atomic E-state index is 12.7. The van der Waals surface area contributed by atoms with Crippen molar-refractivity contribution in [1.29, 1.82) is 0 Å². The lowest BCUT2D eigenvalue weighted by molar-refractivity contribution is 0.103. The number of hydrogen-bond donors (Lipinski definition) is 3. The first-order valence-electron chi connectivity index (χ1n) is 9.29. The molecule has 8 heteroatoms. The van der Waals surface area contributed by atoms with Crippen molar-refractivity contribution in [1.82, 2.24) is 4.98 Å². The van der Waals surface area contributed by atoms with Crippen molar-refractivity contribution >= 4 is 15.8 Å². The average Bonchev–Trinajstić information content (AvgIpc) is 3.20. The van der Waals surface area contributed by atoms with Crippen LogP contribution in [-0.2, 0) is 21.2 Å². The normalized spacial score (nSPS) is 14.7. The van der Waals surface area contributed by atoms with Crippen LogP contribution in [0, 0.1) is 0 Å². The van der Waals surface area contributed by atoms with Gasteiger partial charge in [-0.2, -0.15) is 0 Å². The highest BCUT2D eigenvalue weighted by atomic mass is 32.2. The molecule has 0 saturated carbocycles. The van der Waals surface area contributed by atoms with Gasteiger partial charge in [-0.3, -0.25) is 4.79 Å². The number of methoxy groups -OCH3 is 1. The van der Waals surface area contributed by atoms with E-state index in [0.717, 1.165) is 0 Å². The number of nitrogens with two attached hydrogens (primary N) is 1. The van der Waals surface area contributed by atoms with Gasteiger partial charge in [-0.25, -0.2) is 13.6 Å². The van der Waals surface area contributed by atoms with Gasteiger partial charge in [0.15, 0.2) is 0 Å². The molecule has 3 aromatic rings. The van der Waals surface area contributed by atoms with Gasteiger partial charge < -0.3 is 14.8 Å². The number of ketones is 1. The standard InChI is InChI=1S/C22H24N2O5S/c1-22(30(23,27)28,16-6-4-3-5-7-16)20(25)14-17-10-13-19(24-17)21(26)15-8-11-18(29-2)12-9-15/h3-13,20,24-25H,14H2,1-2H3,(H2,23,27,28). The van der Waals surface area contributed by atoms with E-state index in [4.69, 9.17) is 9.88 Å². The quantitative estimate of drug-likeness (QED) is 0.476. The number of aromatic amines is 1. The molecule has 0 radical (unpaired) electrons. The molecule has 30 heavy (non-hydrogen) atoms. The molecule has 0 aliphatic rings. The fourth-order valence-electron chi connectivity index (χ4n) is 3.31. The van der Waals surface area contributed by atoms with Crippen molar-refractivity contribution in [3.05, 3.63) is 89.2 Å². The van der Waals surface area contributed by atoms with E-state index in [1.165, 1.54) is 6.92 Å². The third kappa shape index (κ3) is 4.16. The summed E-state index contributed by atoms with van der Waals surface area (Å²) in [6, 6.07) is 18.3. The van der Waals surface area contributed by atoms with Crippen molar-refractivity contribution < 1.29 is 23.1 Å². The Morgan fingerprint density at radius 3 is 2.30 bits per heavy atom. The van der Waals surface area contributed by atoms with Crippen LogP contribution in [0.3, 0.4) is 0 Å². The number of rotatable bonds is 8. The van der Waals surface area contributed by atoms with Crippen LogP contribution >= 0.6 is 0 Å². The number of carbonyl (C=O) groups excluding carboxylic acids is 1. The molecule has 2 unspecified atom stereocenters. The van der Waals surface area contributed by atoms with Gasteiger partial charge in [-0.15, -0.1) is 0 Å². The average molecular weight is 429 g/mol. The van der Waals surface area contributed by atoms with Gasteiger partial charge in [0.1, 0.15) is 10.5 Å². The van der Waals surface area contributed by atoms with Crippen LogP contribution in [0.5, 0.6) is 5.75 Å². The number of H-pyrrole nitrogens is 1.